The van der Waals surface area contributed by atoms with E-state index in [9.17, 15) is 9.59 Å². The quantitative estimate of drug-likeness (QED) is 0.816. The number of hydrogen-bond donors (Lipinski definition) is 1. The molecule has 6 nitrogen and oxygen atoms in total. The van der Waals surface area contributed by atoms with Crippen molar-refractivity contribution in [2.75, 3.05) is 31.6 Å². The van der Waals surface area contributed by atoms with E-state index in [1.807, 2.05) is 29.2 Å². The zero-order valence-electron chi connectivity index (χ0n) is 16.4. The predicted octanol–water partition coefficient (Wildman–Crippen LogP) is 3.33. The van der Waals surface area contributed by atoms with Gasteiger partial charge in [0.25, 0.3) is 5.91 Å². The zero-order valence-corrected chi connectivity index (χ0v) is 16.4. The van der Waals surface area contributed by atoms with Crippen LogP contribution < -0.4 is 10.1 Å². The molecule has 6 heteroatoms. The van der Waals surface area contributed by atoms with Crippen LogP contribution in [0, 0.1) is 0 Å². The van der Waals surface area contributed by atoms with Crippen LogP contribution in [0.15, 0.2) is 48.5 Å². The van der Waals surface area contributed by atoms with E-state index in [0.717, 1.165) is 37.9 Å². The fraction of sp³-hybridized carbons (Fsp3) is 0.391. The molecule has 0 aromatic heterocycles. The molecule has 4 rings (SSSR count). The number of amides is 2. The summed E-state index contributed by atoms with van der Waals surface area (Å²) in [4.78, 5) is 26.5. The molecule has 1 N–H and O–H groups in total. The lowest BCUT2D eigenvalue weighted by atomic mass is 9.95. The summed E-state index contributed by atoms with van der Waals surface area (Å²) in [6, 6.07) is 15.2. The van der Waals surface area contributed by atoms with Crippen molar-refractivity contribution in [3.05, 3.63) is 59.7 Å². The minimum Gasteiger partial charge on any atom is -0.484 e. The molecule has 1 unspecified atom stereocenters. The fourth-order valence-corrected chi connectivity index (χ4v) is 3.89. The highest BCUT2D eigenvalue weighted by molar-refractivity contribution is 5.91. The first kappa shape index (κ1) is 19.5. The lowest BCUT2D eigenvalue weighted by Gasteiger charge is -2.25. The van der Waals surface area contributed by atoms with Crippen molar-refractivity contribution in [2.45, 2.75) is 31.8 Å². The van der Waals surface area contributed by atoms with Crippen LogP contribution in [0.25, 0.3) is 0 Å². The van der Waals surface area contributed by atoms with Crippen LogP contribution in [0.5, 0.6) is 5.75 Å². The normalized spacial score (nSPS) is 18.2. The van der Waals surface area contributed by atoms with Crippen molar-refractivity contribution in [1.82, 2.24) is 4.90 Å². The number of likely N-dealkylation sites (tertiary alicyclic amines) is 1. The average molecular weight is 394 g/mol. The van der Waals surface area contributed by atoms with Crippen molar-refractivity contribution in [1.29, 1.82) is 0 Å². The number of fused-ring (bicyclic) bond motifs is 1. The SMILES string of the molecule is O=C(CC1OCCc2ccccc21)Nc1cccc(OCC(=O)N2CCCC2)c1. The lowest BCUT2D eigenvalue weighted by Crippen LogP contribution is -2.32. The van der Waals surface area contributed by atoms with Crippen LogP contribution in [0.4, 0.5) is 5.69 Å². The second kappa shape index (κ2) is 9.09. The molecule has 0 radical (unpaired) electrons. The van der Waals surface area contributed by atoms with E-state index in [1.54, 1.807) is 18.2 Å². The van der Waals surface area contributed by atoms with Gasteiger partial charge in [0.1, 0.15) is 5.75 Å². The minimum absolute atomic E-state index is 0.00468. The van der Waals surface area contributed by atoms with Gasteiger partial charge in [0, 0.05) is 24.8 Å². The number of nitrogens with one attached hydrogen (secondary N) is 1. The van der Waals surface area contributed by atoms with E-state index in [4.69, 9.17) is 9.47 Å². The molecular formula is C23H26N2O4. The second-order valence-corrected chi connectivity index (χ2v) is 7.46. The maximum absolute atomic E-state index is 12.5. The molecule has 2 amide bonds. The third-order valence-electron chi connectivity index (χ3n) is 5.40. The van der Waals surface area contributed by atoms with E-state index in [-0.39, 0.29) is 30.9 Å². The van der Waals surface area contributed by atoms with Crippen LogP contribution in [0.3, 0.4) is 0 Å². The second-order valence-electron chi connectivity index (χ2n) is 7.46. The first-order valence-corrected chi connectivity index (χ1v) is 10.2. The van der Waals surface area contributed by atoms with Gasteiger partial charge in [0.15, 0.2) is 6.61 Å². The summed E-state index contributed by atoms with van der Waals surface area (Å²) >= 11 is 0. The molecule has 152 valence electrons. The number of hydrogen-bond acceptors (Lipinski definition) is 4. The molecule has 29 heavy (non-hydrogen) atoms. The lowest BCUT2D eigenvalue weighted by molar-refractivity contribution is -0.132. The fourth-order valence-electron chi connectivity index (χ4n) is 3.89. The Morgan fingerprint density at radius 2 is 1.93 bits per heavy atom. The summed E-state index contributed by atoms with van der Waals surface area (Å²) in [7, 11) is 0. The number of anilines is 1. The van der Waals surface area contributed by atoms with Crippen LogP contribution in [-0.4, -0.2) is 43.0 Å². The summed E-state index contributed by atoms with van der Waals surface area (Å²) in [6.07, 6.45) is 3.03. The molecule has 0 bridgehead atoms. The Morgan fingerprint density at radius 3 is 2.79 bits per heavy atom. The smallest absolute Gasteiger partial charge is 0.260 e. The maximum atomic E-state index is 12.5. The molecule has 0 saturated carbocycles. The van der Waals surface area contributed by atoms with Crippen LogP contribution in [-0.2, 0) is 20.7 Å². The third kappa shape index (κ3) is 4.95. The number of ether oxygens (including phenoxy) is 2. The van der Waals surface area contributed by atoms with Crippen LogP contribution in [0.2, 0.25) is 0 Å². The van der Waals surface area contributed by atoms with Gasteiger partial charge in [0.05, 0.1) is 19.1 Å². The monoisotopic (exact) mass is 394 g/mol. The molecule has 0 aliphatic carbocycles. The average Bonchev–Trinajstić information content (AvgIpc) is 3.28. The van der Waals surface area contributed by atoms with Gasteiger partial charge < -0.3 is 19.7 Å². The van der Waals surface area contributed by atoms with Crippen molar-refractivity contribution < 1.29 is 19.1 Å². The van der Waals surface area contributed by atoms with Gasteiger partial charge >= 0.3 is 0 Å². The molecule has 1 fully saturated rings. The Balaban J connectivity index is 1.32. The highest BCUT2D eigenvalue weighted by Gasteiger charge is 2.23. The van der Waals surface area contributed by atoms with E-state index >= 15 is 0 Å². The number of carbonyl (C=O) groups is 2. The third-order valence-corrected chi connectivity index (χ3v) is 5.40. The van der Waals surface area contributed by atoms with Gasteiger partial charge in [0.2, 0.25) is 5.91 Å². The molecule has 1 atom stereocenters. The summed E-state index contributed by atoms with van der Waals surface area (Å²) in [5.41, 5.74) is 2.98. The predicted molar refractivity (Wildman–Crippen MR) is 110 cm³/mol. The van der Waals surface area contributed by atoms with Gasteiger partial charge in [-0.05, 0) is 42.5 Å². The Kier molecular flexibility index (Phi) is 6.10. The Hall–Kier alpha value is -2.86. The molecular weight excluding hydrogens is 368 g/mol. The Bertz CT molecular complexity index is 877. The van der Waals surface area contributed by atoms with E-state index in [0.29, 0.717) is 18.0 Å². The molecule has 2 aliphatic heterocycles. The molecule has 0 spiro atoms. The summed E-state index contributed by atoms with van der Waals surface area (Å²) in [5, 5.41) is 2.91. The first-order chi connectivity index (χ1) is 14.2. The van der Waals surface area contributed by atoms with E-state index < -0.39 is 0 Å². The molecule has 2 aliphatic rings. The highest BCUT2D eigenvalue weighted by Crippen LogP contribution is 2.30. The largest absolute Gasteiger partial charge is 0.484 e. The van der Waals surface area contributed by atoms with Gasteiger partial charge in [-0.3, -0.25) is 9.59 Å². The molecule has 2 heterocycles. The molecule has 2 aromatic carbocycles. The maximum Gasteiger partial charge on any atom is 0.260 e. The Labute approximate surface area is 170 Å². The topological polar surface area (TPSA) is 67.9 Å². The number of benzene rings is 2. The standard InChI is InChI=1S/C23H26N2O4/c26-22(15-21-20-9-2-1-6-17(20)10-13-28-21)24-18-7-5-8-19(14-18)29-16-23(27)25-11-3-4-12-25/h1-2,5-9,14,21H,3-4,10-13,15-16H2,(H,24,26). The summed E-state index contributed by atoms with van der Waals surface area (Å²) in [5.74, 6) is 0.455. The van der Waals surface area contributed by atoms with Gasteiger partial charge in [-0.1, -0.05) is 30.3 Å². The van der Waals surface area contributed by atoms with E-state index in [2.05, 4.69) is 11.4 Å². The van der Waals surface area contributed by atoms with Gasteiger partial charge in [-0.15, -0.1) is 0 Å². The van der Waals surface area contributed by atoms with Crippen molar-refractivity contribution in [3.63, 3.8) is 0 Å². The van der Waals surface area contributed by atoms with Crippen molar-refractivity contribution in [3.8, 4) is 5.75 Å². The van der Waals surface area contributed by atoms with Crippen molar-refractivity contribution in [2.24, 2.45) is 0 Å². The van der Waals surface area contributed by atoms with Gasteiger partial charge in [-0.2, -0.15) is 0 Å². The number of rotatable bonds is 6. The first-order valence-electron chi connectivity index (χ1n) is 10.2. The number of nitrogens with zero attached hydrogens (tertiary/aromatic N) is 1. The molecule has 1 saturated heterocycles. The minimum atomic E-state index is -0.225. The number of carbonyl (C=O) groups excluding carboxylic acids is 2. The van der Waals surface area contributed by atoms with E-state index in [1.165, 1.54) is 5.56 Å². The van der Waals surface area contributed by atoms with Crippen molar-refractivity contribution >= 4 is 17.5 Å². The summed E-state index contributed by atoms with van der Waals surface area (Å²) in [6.45, 7) is 2.27. The summed E-state index contributed by atoms with van der Waals surface area (Å²) < 4.78 is 11.5. The van der Waals surface area contributed by atoms with Crippen LogP contribution >= 0.6 is 0 Å². The highest BCUT2D eigenvalue weighted by atomic mass is 16.5. The Morgan fingerprint density at radius 1 is 1.10 bits per heavy atom. The molecule has 2 aromatic rings. The van der Waals surface area contributed by atoms with Crippen LogP contribution in [0.1, 0.15) is 36.5 Å². The zero-order chi connectivity index (χ0) is 20.1. The van der Waals surface area contributed by atoms with Gasteiger partial charge in [-0.25, -0.2) is 0 Å².